The van der Waals surface area contributed by atoms with Crippen molar-refractivity contribution < 1.29 is 18.1 Å². The summed E-state index contributed by atoms with van der Waals surface area (Å²) in [7, 11) is -1.05. The third-order valence-corrected chi connectivity index (χ3v) is 7.03. The average molecular weight is 459 g/mol. The van der Waals surface area contributed by atoms with E-state index in [0.717, 1.165) is 42.3 Å². The summed E-state index contributed by atoms with van der Waals surface area (Å²) in [5.74, 6) is 0.0193. The third kappa shape index (κ3) is 5.51. The van der Waals surface area contributed by atoms with Crippen LogP contribution in [0.2, 0.25) is 0 Å². The zero-order valence-corrected chi connectivity index (χ0v) is 18.8. The molecule has 0 fully saturated rings. The van der Waals surface area contributed by atoms with Gasteiger partial charge in [0.1, 0.15) is 0 Å². The van der Waals surface area contributed by atoms with Gasteiger partial charge in [-0.15, -0.1) is 0 Å². The molecule has 0 radical (unpaired) electrons. The van der Waals surface area contributed by atoms with E-state index >= 15 is 0 Å². The largest absolute Gasteiger partial charge is 0.490 e. The lowest BCUT2D eigenvalue weighted by Gasteiger charge is -2.17. The van der Waals surface area contributed by atoms with Crippen molar-refractivity contribution in [2.45, 2.75) is 30.6 Å². The number of nitro benzene ring substituents is 1. The number of rotatable bonds is 11. The molecule has 3 rings (SSSR count). The monoisotopic (exact) mass is 458 g/mol. The van der Waals surface area contributed by atoms with Crippen molar-refractivity contribution in [2.24, 2.45) is 0 Å². The fourth-order valence-corrected chi connectivity index (χ4v) is 4.58. The Kier molecular flexibility index (Phi) is 7.60. The molecule has 1 heterocycles. The molecule has 0 unspecified atom stereocenters. The van der Waals surface area contributed by atoms with Gasteiger partial charge in [-0.1, -0.05) is 36.8 Å². The Morgan fingerprint density at radius 3 is 2.53 bits per heavy atom. The standard InChI is InChI=1S/C22H26N4O5S/c1-25(32(29,30)19-12-13-22(31-2)21(16-19)26(27)28)14-8-4-7-11-18-15-20(24-23-18)17-9-5-3-6-10-17/h3,5-6,9-10,12-13,15-16H,4,7-8,11,14H2,1-2H3,(H,23,24). The Labute approximate surface area is 187 Å². The second-order valence-electron chi connectivity index (χ2n) is 7.37. The molecule has 0 aliphatic carbocycles. The summed E-state index contributed by atoms with van der Waals surface area (Å²) in [6.07, 6.45) is 3.22. The number of sulfonamides is 1. The zero-order chi connectivity index (χ0) is 23.1. The van der Waals surface area contributed by atoms with E-state index in [9.17, 15) is 18.5 Å². The maximum Gasteiger partial charge on any atom is 0.312 e. The van der Waals surface area contributed by atoms with Crippen molar-refractivity contribution in [1.82, 2.24) is 14.5 Å². The number of nitrogens with one attached hydrogen (secondary N) is 1. The van der Waals surface area contributed by atoms with E-state index in [1.165, 1.54) is 30.6 Å². The summed E-state index contributed by atoms with van der Waals surface area (Å²) in [5.41, 5.74) is 2.62. The van der Waals surface area contributed by atoms with E-state index in [2.05, 4.69) is 10.2 Å². The lowest BCUT2D eigenvalue weighted by atomic mass is 10.1. The van der Waals surface area contributed by atoms with Crippen LogP contribution >= 0.6 is 0 Å². The number of nitrogens with zero attached hydrogens (tertiary/aromatic N) is 3. The minimum Gasteiger partial charge on any atom is -0.490 e. The Balaban J connectivity index is 1.50. The molecule has 0 saturated carbocycles. The highest BCUT2D eigenvalue weighted by atomic mass is 32.2. The molecule has 1 aromatic heterocycles. The van der Waals surface area contributed by atoms with Gasteiger partial charge in [0.05, 0.1) is 22.6 Å². The van der Waals surface area contributed by atoms with E-state index in [1.807, 2.05) is 36.4 Å². The van der Waals surface area contributed by atoms with Crippen molar-refractivity contribution in [3.8, 4) is 17.0 Å². The van der Waals surface area contributed by atoms with Gasteiger partial charge in [0.15, 0.2) is 5.75 Å². The molecule has 0 aliphatic rings. The van der Waals surface area contributed by atoms with E-state index in [-0.39, 0.29) is 16.3 Å². The highest BCUT2D eigenvalue weighted by molar-refractivity contribution is 7.89. The summed E-state index contributed by atoms with van der Waals surface area (Å²) in [5, 5.41) is 18.6. The van der Waals surface area contributed by atoms with Gasteiger partial charge >= 0.3 is 5.69 Å². The number of hydrogen-bond donors (Lipinski definition) is 1. The second kappa shape index (κ2) is 10.4. The van der Waals surface area contributed by atoms with Gasteiger partial charge < -0.3 is 4.74 Å². The molecule has 3 aromatic rings. The first-order valence-electron chi connectivity index (χ1n) is 10.2. The van der Waals surface area contributed by atoms with Crippen LogP contribution in [0.4, 0.5) is 5.69 Å². The number of aryl methyl sites for hydroxylation is 1. The molecule has 0 aliphatic heterocycles. The van der Waals surface area contributed by atoms with Crippen LogP contribution in [0.25, 0.3) is 11.3 Å². The number of unbranched alkanes of at least 4 members (excludes halogenated alkanes) is 2. The molecule has 9 nitrogen and oxygen atoms in total. The van der Waals surface area contributed by atoms with Gasteiger partial charge in [-0.05, 0) is 37.5 Å². The molecule has 0 bridgehead atoms. The van der Waals surface area contributed by atoms with E-state index in [4.69, 9.17) is 4.74 Å². The van der Waals surface area contributed by atoms with Crippen molar-refractivity contribution >= 4 is 15.7 Å². The van der Waals surface area contributed by atoms with Gasteiger partial charge in [-0.3, -0.25) is 15.2 Å². The molecule has 32 heavy (non-hydrogen) atoms. The van der Waals surface area contributed by atoms with E-state index in [0.29, 0.717) is 13.0 Å². The summed E-state index contributed by atoms with van der Waals surface area (Å²) in [6, 6.07) is 15.6. The van der Waals surface area contributed by atoms with Crippen LogP contribution in [0.5, 0.6) is 5.75 Å². The summed E-state index contributed by atoms with van der Waals surface area (Å²) in [4.78, 5) is 10.4. The highest BCUT2D eigenvalue weighted by Crippen LogP contribution is 2.30. The Bertz CT molecular complexity index is 1160. The molecule has 0 saturated heterocycles. The molecule has 0 spiro atoms. The van der Waals surface area contributed by atoms with Crippen LogP contribution in [0, 0.1) is 10.1 Å². The van der Waals surface area contributed by atoms with Gasteiger partial charge in [0, 0.05) is 30.9 Å². The van der Waals surface area contributed by atoms with E-state index in [1.54, 1.807) is 0 Å². The van der Waals surface area contributed by atoms with Crippen LogP contribution in [-0.4, -0.2) is 48.5 Å². The molecule has 0 atom stereocenters. The first kappa shape index (κ1) is 23.4. The SMILES string of the molecule is COc1ccc(S(=O)(=O)N(C)CCCCCc2cc(-c3ccccc3)n[nH]2)cc1[N+](=O)[O-]. The molecular formula is C22H26N4O5S. The quantitative estimate of drug-likeness (QED) is 0.263. The first-order chi connectivity index (χ1) is 15.3. The van der Waals surface area contributed by atoms with Crippen LogP contribution < -0.4 is 4.74 Å². The fraction of sp³-hybridized carbons (Fsp3) is 0.318. The van der Waals surface area contributed by atoms with Crippen molar-refractivity contribution in [1.29, 1.82) is 0 Å². The predicted octanol–water partition coefficient (Wildman–Crippen LogP) is 4.03. The minimum absolute atomic E-state index is 0.0193. The zero-order valence-electron chi connectivity index (χ0n) is 18.0. The van der Waals surface area contributed by atoms with Gasteiger partial charge in [0.2, 0.25) is 10.0 Å². The van der Waals surface area contributed by atoms with E-state index < -0.39 is 14.9 Å². The molecule has 170 valence electrons. The number of aromatic amines is 1. The topological polar surface area (TPSA) is 118 Å². The number of aromatic nitrogens is 2. The van der Waals surface area contributed by atoms with Crippen molar-refractivity contribution in [3.63, 3.8) is 0 Å². The minimum atomic E-state index is -3.83. The van der Waals surface area contributed by atoms with Gasteiger partial charge in [-0.2, -0.15) is 5.10 Å². The molecular weight excluding hydrogens is 432 g/mol. The van der Waals surface area contributed by atoms with Gasteiger partial charge in [0.25, 0.3) is 0 Å². The second-order valence-corrected chi connectivity index (χ2v) is 9.42. The summed E-state index contributed by atoms with van der Waals surface area (Å²) < 4.78 is 31.7. The number of benzene rings is 2. The normalized spacial score (nSPS) is 11.6. The number of H-pyrrole nitrogens is 1. The maximum atomic E-state index is 12.8. The fourth-order valence-electron chi connectivity index (χ4n) is 3.35. The summed E-state index contributed by atoms with van der Waals surface area (Å²) in [6.45, 7) is 0.320. The highest BCUT2D eigenvalue weighted by Gasteiger charge is 2.25. The van der Waals surface area contributed by atoms with Crippen molar-refractivity contribution in [3.05, 3.63) is 70.4 Å². The van der Waals surface area contributed by atoms with Crippen LogP contribution in [0.1, 0.15) is 25.0 Å². The average Bonchev–Trinajstić information content (AvgIpc) is 3.27. The Morgan fingerprint density at radius 2 is 1.84 bits per heavy atom. The lowest BCUT2D eigenvalue weighted by Crippen LogP contribution is -2.28. The Hall–Kier alpha value is -3.24. The maximum absolute atomic E-state index is 12.8. The molecule has 0 amide bonds. The Morgan fingerprint density at radius 1 is 1.09 bits per heavy atom. The molecule has 10 heteroatoms. The number of hydrogen-bond acceptors (Lipinski definition) is 6. The summed E-state index contributed by atoms with van der Waals surface area (Å²) >= 11 is 0. The molecule has 2 aromatic carbocycles. The predicted molar refractivity (Wildman–Crippen MR) is 121 cm³/mol. The van der Waals surface area contributed by atoms with Gasteiger partial charge in [-0.25, -0.2) is 12.7 Å². The smallest absolute Gasteiger partial charge is 0.312 e. The number of nitro groups is 1. The van der Waals surface area contributed by atoms with Crippen LogP contribution in [-0.2, 0) is 16.4 Å². The van der Waals surface area contributed by atoms with Crippen LogP contribution in [0.3, 0.4) is 0 Å². The number of ether oxygens (including phenoxy) is 1. The third-order valence-electron chi connectivity index (χ3n) is 5.17. The first-order valence-corrected chi connectivity index (χ1v) is 11.7. The number of methoxy groups -OCH3 is 1. The molecule has 1 N–H and O–H groups in total. The lowest BCUT2D eigenvalue weighted by molar-refractivity contribution is -0.386. The van der Waals surface area contributed by atoms with Crippen molar-refractivity contribution in [2.75, 3.05) is 20.7 Å². The van der Waals surface area contributed by atoms with Crippen LogP contribution in [0.15, 0.2) is 59.5 Å².